The van der Waals surface area contributed by atoms with Gasteiger partial charge in [-0.3, -0.25) is 9.69 Å². The lowest BCUT2D eigenvalue weighted by Gasteiger charge is -2.48. The number of carbonyl (C=O) groups excluding carboxylic acids is 2. The summed E-state index contributed by atoms with van der Waals surface area (Å²) in [7, 11) is 3.26. The van der Waals surface area contributed by atoms with Crippen LogP contribution in [0.3, 0.4) is 0 Å². The summed E-state index contributed by atoms with van der Waals surface area (Å²) in [6.45, 7) is 5.93. The Labute approximate surface area is 136 Å². The average Bonchev–Trinajstić information content (AvgIpc) is 2.50. The van der Waals surface area contributed by atoms with E-state index in [0.29, 0.717) is 18.2 Å². The van der Waals surface area contributed by atoms with Crippen molar-refractivity contribution in [3.63, 3.8) is 0 Å². The van der Waals surface area contributed by atoms with E-state index < -0.39 is 0 Å². The van der Waals surface area contributed by atoms with Crippen LogP contribution in [0.2, 0.25) is 0 Å². The number of rotatable bonds is 3. The molecular weight excluding hydrogens is 294 g/mol. The number of hydrogen-bond acceptors (Lipinski definition) is 5. The number of nitrogens with zero attached hydrogens (tertiary/aromatic N) is 3. The fraction of sp³-hybridized carbons (Fsp3) is 0.529. The maximum absolute atomic E-state index is 11.8. The van der Waals surface area contributed by atoms with E-state index in [-0.39, 0.29) is 11.9 Å². The van der Waals surface area contributed by atoms with Crippen LogP contribution >= 0.6 is 0 Å². The van der Waals surface area contributed by atoms with Crippen molar-refractivity contribution >= 4 is 17.6 Å². The maximum atomic E-state index is 11.8. The Hall–Kier alpha value is -2.08. The van der Waals surface area contributed by atoms with Gasteiger partial charge in [0, 0.05) is 45.0 Å². The first-order valence-corrected chi connectivity index (χ1v) is 7.91. The largest absolute Gasteiger partial charge is 0.465 e. The molecule has 0 saturated carbocycles. The average molecular weight is 317 g/mol. The summed E-state index contributed by atoms with van der Waals surface area (Å²) >= 11 is 0. The molecule has 6 heteroatoms. The summed E-state index contributed by atoms with van der Waals surface area (Å²) in [5, 5.41) is 0. The molecule has 23 heavy (non-hydrogen) atoms. The van der Waals surface area contributed by atoms with Gasteiger partial charge >= 0.3 is 5.97 Å². The number of carbonyl (C=O) groups is 2. The fourth-order valence-electron chi connectivity index (χ4n) is 3.12. The number of hydrogen-bond donors (Lipinski definition) is 0. The molecule has 0 unspecified atom stereocenters. The van der Waals surface area contributed by atoms with Crippen LogP contribution in [0, 0.1) is 6.92 Å². The van der Waals surface area contributed by atoms with Crippen molar-refractivity contribution in [3.8, 4) is 0 Å². The van der Waals surface area contributed by atoms with E-state index in [9.17, 15) is 9.59 Å². The molecule has 0 atom stereocenters. The van der Waals surface area contributed by atoms with Crippen molar-refractivity contribution in [2.45, 2.75) is 13.0 Å². The second-order valence-corrected chi connectivity index (χ2v) is 6.34. The number of likely N-dealkylation sites (N-methyl/N-ethyl adjacent to an activating group) is 1. The number of ether oxygens (including phenoxy) is 1. The lowest BCUT2D eigenvalue weighted by Crippen LogP contribution is -2.64. The van der Waals surface area contributed by atoms with Crippen LogP contribution in [0.25, 0.3) is 0 Å². The summed E-state index contributed by atoms with van der Waals surface area (Å²) in [4.78, 5) is 29.9. The third-order valence-electron chi connectivity index (χ3n) is 4.86. The van der Waals surface area contributed by atoms with Crippen molar-refractivity contribution in [1.29, 1.82) is 0 Å². The molecule has 0 aromatic heterocycles. The summed E-state index contributed by atoms with van der Waals surface area (Å²) in [5.41, 5.74) is 2.57. The number of aryl methyl sites for hydroxylation is 1. The number of esters is 1. The maximum Gasteiger partial charge on any atom is 0.338 e. The zero-order valence-electron chi connectivity index (χ0n) is 13.9. The number of anilines is 1. The van der Waals surface area contributed by atoms with E-state index in [4.69, 9.17) is 4.74 Å². The highest BCUT2D eigenvalue weighted by atomic mass is 16.5. The van der Waals surface area contributed by atoms with E-state index in [1.807, 2.05) is 32.2 Å². The number of methoxy groups -OCH3 is 1. The van der Waals surface area contributed by atoms with E-state index >= 15 is 0 Å². The SMILES string of the molecule is COC(=O)c1cc(N2CC(N3CCN(C)C(=O)C3)C2)ccc1C. The Morgan fingerprint density at radius 2 is 2.00 bits per heavy atom. The Bertz CT molecular complexity index is 626. The van der Waals surface area contributed by atoms with Crippen LogP contribution in [0.1, 0.15) is 15.9 Å². The highest BCUT2D eigenvalue weighted by molar-refractivity contribution is 5.92. The summed E-state index contributed by atoms with van der Waals surface area (Å²) < 4.78 is 4.83. The third kappa shape index (κ3) is 3.03. The first-order valence-electron chi connectivity index (χ1n) is 7.91. The number of benzene rings is 1. The molecule has 2 aliphatic rings. The van der Waals surface area contributed by atoms with Crippen molar-refractivity contribution in [3.05, 3.63) is 29.3 Å². The van der Waals surface area contributed by atoms with Gasteiger partial charge in [0.15, 0.2) is 0 Å². The van der Waals surface area contributed by atoms with Gasteiger partial charge < -0.3 is 14.5 Å². The van der Waals surface area contributed by atoms with Crippen LogP contribution < -0.4 is 4.90 Å². The van der Waals surface area contributed by atoms with Gasteiger partial charge in [-0.1, -0.05) is 6.07 Å². The quantitative estimate of drug-likeness (QED) is 0.770. The molecule has 2 aliphatic heterocycles. The third-order valence-corrected chi connectivity index (χ3v) is 4.86. The van der Waals surface area contributed by atoms with E-state index in [0.717, 1.165) is 37.4 Å². The molecular formula is C17H23N3O3. The van der Waals surface area contributed by atoms with E-state index in [1.54, 1.807) is 4.90 Å². The van der Waals surface area contributed by atoms with Crippen molar-refractivity contribution < 1.29 is 14.3 Å². The molecule has 1 aromatic rings. The van der Waals surface area contributed by atoms with Gasteiger partial charge in [0.2, 0.25) is 5.91 Å². The Morgan fingerprint density at radius 3 is 2.65 bits per heavy atom. The van der Waals surface area contributed by atoms with Crippen LogP contribution in [0.4, 0.5) is 5.69 Å². The fourth-order valence-corrected chi connectivity index (χ4v) is 3.12. The first kappa shape index (κ1) is 15.8. The van der Waals surface area contributed by atoms with Crippen LogP contribution in [0.5, 0.6) is 0 Å². The lowest BCUT2D eigenvalue weighted by atomic mass is 10.0. The van der Waals surface area contributed by atoms with Crippen LogP contribution in [-0.2, 0) is 9.53 Å². The highest BCUT2D eigenvalue weighted by Gasteiger charge is 2.35. The van der Waals surface area contributed by atoms with Gasteiger partial charge in [-0.25, -0.2) is 4.79 Å². The molecule has 1 aromatic carbocycles. The molecule has 0 radical (unpaired) electrons. The minimum atomic E-state index is -0.300. The normalized spacial score (nSPS) is 19.7. The molecule has 0 aliphatic carbocycles. The van der Waals surface area contributed by atoms with Crippen molar-refractivity contribution in [1.82, 2.24) is 9.80 Å². The predicted molar refractivity (Wildman–Crippen MR) is 87.7 cm³/mol. The highest BCUT2D eigenvalue weighted by Crippen LogP contribution is 2.27. The monoisotopic (exact) mass is 317 g/mol. The minimum Gasteiger partial charge on any atom is -0.465 e. The minimum absolute atomic E-state index is 0.193. The topological polar surface area (TPSA) is 53.1 Å². The number of amides is 1. The molecule has 124 valence electrons. The smallest absolute Gasteiger partial charge is 0.338 e. The first-order chi connectivity index (χ1) is 11.0. The van der Waals surface area contributed by atoms with Gasteiger partial charge in [0.25, 0.3) is 0 Å². The van der Waals surface area contributed by atoms with Crippen molar-refractivity contribution in [2.75, 3.05) is 51.8 Å². The molecule has 0 spiro atoms. The molecule has 1 amide bonds. The second-order valence-electron chi connectivity index (χ2n) is 6.34. The predicted octanol–water partition coefficient (Wildman–Crippen LogP) is 0.744. The second kappa shape index (κ2) is 6.20. The lowest BCUT2D eigenvalue weighted by molar-refractivity contribution is -0.135. The van der Waals surface area contributed by atoms with Gasteiger partial charge in [-0.2, -0.15) is 0 Å². The van der Waals surface area contributed by atoms with Gasteiger partial charge in [-0.05, 0) is 24.6 Å². The molecule has 3 rings (SSSR count). The zero-order chi connectivity index (χ0) is 16.6. The van der Waals surface area contributed by atoms with Crippen molar-refractivity contribution in [2.24, 2.45) is 0 Å². The molecule has 2 fully saturated rings. The van der Waals surface area contributed by atoms with Gasteiger partial charge in [-0.15, -0.1) is 0 Å². The molecule has 2 heterocycles. The van der Waals surface area contributed by atoms with Gasteiger partial charge in [0.1, 0.15) is 0 Å². The molecule has 6 nitrogen and oxygen atoms in total. The van der Waals surface area contributed by atoms with Crippen LogP contribution in [0.15, 0.2) is 18.2 Å². The Morgan fingerprint density at radius 1 is 1.26 bits per heavy atom. The Balaban J connectivity index is 1.63. The summed E-state index contributed by atoms with van der Waals surface area (Å²) in [5.74, 6) is -0.107. The molecule has 2 saturated heterocycles. The summed E-state index contributed by atoms with van der Waals surface area (Å²) in [6, 6.07) is 6.30. The van der Waals surface area contributed by atoms with E-state index in [2.05, 4.69) is 9.80 Å². The van der Waals surface area contributed by atoms with E-state index in [1.165, 1.54) is 7.11 Å². The van der Waals surface area contributed by atoms with Crippen LogP contribution in [-0.4, -0.2) is 74.6 Å². The molecule has 0 bridgehead atoms. The Kier molecular flexibility index (Phi) is 4.26. The summed E-state index contributed by atoms with van der Waals surface area (Å²) in [6.07, 6.45) is 0. The molecule has 0 N–H and O–H groups in total. The van der Waals surface area contributed by atoms with Gasteiger partial charge in [0.05, 0.1) is 19.2 Å². The zero-order valence-corrected chi connectivity index (χ0v) is 13.9. The standard InChI is InChI=1S/C17H23N3O3/c1-12-4-5-13(8-15(12)17(22)23-3)20-9-14(10-20)19-7-6-18(2)16(21)11-19/h4-5,8,14H,6-7,9-11H2,1-3H3. The number of piperazine rings is 1.